The summed E-state index contributed by atoms with van der Waals surface area (Å²) < 4.78 is 5.61. The van der Waals surface area contributed by atoms with Gasteiger partial charge in [0.1, 0.15) is 11.5 Å². The van der Waals surface area contributed by atoms with E-state index in [1.807, 2.05) is 55.5 Å². The van der Waals surface area contributed by atoms with Crippen LogP contribution in [0.5, 0.6) is 11.5 Å². The lowest BCUT2D eigenvalue weighted by molar-refractivity contribution is -0.116. The first-order chi connectivity index (χ1) is 26.4. The van der Waals surface area contributed by atoms with E-state index < -0.39 is 17.7 Å². The second-order valence-electron chi connectivity index (χ2n) is 14.3. The van der Waals surface area contributed by atoms with E-state index in [9.17, 15) is 29.7 Å². The lowest BCUT2D eigenvalue weighted by Crippen LogP contribution is -2.53. The zero-order valence-electron chi connectivity index (χ0n) is 31.6. The SMILES string of the molecule is COc1cc(NC(=O)CCc2ccc(-c3ccccc3)c(N(C(=O)O)C3(C)CCC(N)CC3)c2)c(Cl)cc1CNC[C@@H](O)c1ccc(O)c2[nH]c(=O)ccc12.F.F. The number of aryl methyl sites for hydroxylation is 1. The monoisotopic (exact) mass is 807 g/mol. The lowest BCUT2D eigenvalue weighted by Gasteiger charge is -2.44. The van der Waals surface area contributed by atoms with Crippen LogP contribution in [0.2, 0.25) is 5.02 Å². The number of aromatic amines is 1. The number of nitrogens with zero attached hydrogens (tertiary/aromatic N) is 1. The number of ether oxygens (including phenoxy) is 1. The molecule has 1 saturated carbocycles. The van der Waals surface area contributed by atoms with E-state index in [-0.39, 0.29) is 57.7 Å². The molecule has 1 heterocycles. The molecule has 1 aliphatic rings. The number of nitrogens with two attached hydrogens (primary N) is 1. The summed E-state index contributed by atoms with van der Waals surface area (Å²) in [7, 11) is 1.51. The number of methoxy groups -OCH3 is 1. The van der Waals surface area contributed by atoms with Gasteiger partial charge in [0.2, 0.25) is 11.5 Å². The summed E-state index contributed by atoms with van der Waals surface area (Å²) in [5.74, 6) is 0.103. The summed E-state index contributed by atoms with van der Waals surface area (Å²) >= 11 is 6.64. The van der Waals surface area contributed by atoms with Crippen LogP contribution < -0.4 is 31.6 Å². The molecular formula is C42H48ClF2N5O7. The highest BCUT2D eigenvalue weighted by Crippen LogP contribution is 2.41. The van der Waals surface area contributed by atoms with Gasteiger partial charge in [-0.3, -0.25) is 23.9 Å². The Balaban J connectivity index is 0.00000360. The number of aromatic nitrogens is 1. The van der Waals surface area contributed by atoms with Crippen molar-refractivity contribution >= 4 is 45.9 Å². The minimum Gasteiger partial charge on any atom is -0.506 e. The number of carbonyl (C=O) groups is 2. The number of amides is 2. The van der Waals surface area contributed by atoms with Crippen LogP contribution in [0.4, 0.5) is 25.6 Å². The number of aromatic hydroxyl groups is 1. The number of carboxylic acid groups (broad SMARTS) is 1. The fraction of sp³-hybridized carbons (Fsp3) is 0.310. The van der Waals surface area contributed by atoms with Crippen LogP contribution in [0.15, 0.2) is 89.7 Å². The maximum Gasteiger partial charge on any atom is 0.412 e. The molecule has 5 aromatic rings. The number of phenols is 1. The number of hydrogen-bond acceptors (Lipinski definition) is 8. The predicted molar refractivity (Wildman–Crippen MR) is 220 cm³/mol. The van der Waals surface area contributed by atoms with Crippen molar-refractivity contribution in [3.8, 4) is 22.6 Å². The largest absolute Gasteiger partial charge is 0.506 e. The van der Waals surface area contributed by atoms with Crippen molar-refractivity contribution in [2.45, 2.75) is 69.7 Å². The third-order valence-electron chi connectivity index (χ3n) is 10.4. The number of carbonyl (C=O) groups excluding carboxylic acids is 1. The summed E-state index contributed by atoms with van der Waals surface area (Å²) in [5, 5.41) is 38.6. The molecule has 0 radical (unpaired) electrons. The number of phenolic OH excluding ortho intramolecular Hbond substituents is 1. The van der Waals surface area contributed by atoms with Gasteiger partial charge in [-0.15, -0.1) is 0 Å². The molecule has 8 N–H and O–H groups in total. The number of rotatable bonds is 13. The quantitative estimate of drug-likeness (QED) is 0.0635. The van der Waals surface area contributed by atoms with E-state index in [1.54, 1.807) is 24.3 Å². The number of fused-ring (bicyclic) bond motifs is 1. The van der Waals surface area contributed by atoms with Crippen molar-refractivity contribution in [1.82, 2.24) is 10.3 Å². The summed E-state index contributed by atoms with van der Waals surface area (Å²) in [6, 6.07) is 24.7. The highest BCUT2D eigenvalue weighted by molar-refractivity contribution is 6.33. The Kier molecular flexibility index (Phi) is 14.8. The molecule has 1 aliphatic carbocycles. The highest BCUT2D eigenvalue weighted by atomic mass is 35.5. The molecule has 0 unspecified atom stereocenters. The minimum atomic E-state index is -1.03. The maximum absolute atomic E-state index is 13.3. The van der Waals surface area contributed by atoms with E-state index in [4.69, 9.17) is 22.1 Å². The van der Waals surface area contributed by atoms with Crippen molar-refractivity contribution < 1.29 is 39.1 Å². The Morgan fingerprint density at radius 2 is 1.75 bits per heavy atom. The van der Waals surface area contributed by atoms with Gasteiger partial charge in [0.05, 0.1) is 35.1 Å². The number of aliphatic hydroxyl groups excluding tert-OH is 1. The molecule has 1 fully saturated rings. The van der Waals surface area contributed by atoms with Gasteiger partial charge in [0.15, 0.2) is 0 Å². The zero-order valence-corrected chi connectivity index (χ0v) is 32.3. The van der Waals surface area contributed by atoms with Gasteiger partial charge in [0, 0.05) is 59.7 Å². The maximum atomic E-state index is 13.3. The third kappa shape index (κ3) is 10.1. The molecule has 304 valence electrons. The van der Waals surface area contributed by atoms with Gasteiger partial charge >= 0.3 is 6.09 Å². The van der Waals surface area contributed by atoms with Gasteiger partial charge in [-0.05, 0) is 80.0 Å². The third-order valence-corrected chi connectivity index (χ3v) is 10.7. The van der Waals surface area contributed by atoms with Crippen molar-refractivity contribution in [3.05, 3.63) is 117 Å². The smallest absolute Gasteiger partial charge is 0.412 e. The van der Waals surface area contributed by atoms with Crippen LogP contribution in [0.25, 0.3) is 22.0 Å². The summed E-state index contributed by atoms with van der Waals surface area (Å²) in [6.45, 7) is 2.40. The van der Waals surface area contributed by atoms with E-state index >= 15 is 0 Å². The topological polar surface area (TPSA) is 190 Å². The molecule has 1 atom stereocenters. The summed E-state index contributed by atoms with van der Waals surface area (Å²) in [4.78, 5) is 42.1. The Morgan fingerprint density at radius 1 is 1.04 bits per heavy atom. The molecule has 12 nitrogen and oxygen atoms in total. The number of anilines is 2. The van der Waals surface area contributed by atoms with Crippen LogP contribution in [0.3, 0.4) is 0 Å². The fourth-order valence-electron chi connectivity index (χ4n) is 7.38. The first-order valence-corrected chi connectivity index (χ1v) is 18.6. The standard InChI is InChI=1S/C42H46ClN5O7.2FH/c1-42(18-16-28(44)17-19-42)48(41(53)54)34-20-25(8-10-29(34)26-6-4-3-5-7-26)9-14-38(51)46-33-22-37(55-2)27(21-32(33)43)23-45-24-36(50)30-11-13-35(49)40-31(30)12-15-39(52)47-40;;/h3-8,10-13,15,20-22,28,36,45,49-50H,9,14,16-19,23-24,44H2,1-2H3,(H,46,51)(H,47,52)(H,53,54);2*1H/t28?,36-,42?;;/m1../s1. The number of halogens is 3. The second-order valence-corrected chi connectivity index (χ2v) is 14.7. The molecule has 2 amide bonds. The van der Waals surface area contributed by atoms with E-state index in [2.05, 4.69) is 15.6 Å². The summed E-state index contributed by atoms with van der Waals surface area (Å²) in [6.07, 6.45) is 1.23. The first-order valence-electron chi connectivity index (χ1n) is 18.2. The van der Waals surface area contributed by atoms with E-state index in [0.717, 1.165) is 29.5 Å². The molecule has 0 aliphatic heterocycles. The Bertz CT molecular complexity index is 2250. The van der Waals surface area contributed by atoms with E-state index in [0.29, 0.717) is 57.9 Å². The Hall–Kier alpha value is -5.54. The predicted octanol–water partition coefficient (Wildman–Crippen LogP) is 7.41. The molecule has 4 aromatic carbocycles. The molecule has 1 aromatic heterocycles. The first kappa shape index (κ1) is 44.2. The molecule has 0 bridgehead atoms. The van der Waals surface area contributed by atoms with Gasteiger partial charge in [0.25, 0.3) is 0 Å². The summed E-state index contributed by atoms with van der Waals surface area (Å²) in [5.41, 5.74) is 10.1. The molecule has 15 heteroatoms. The average Bonchev–Trinajstić information content (AvgIpc) is 3.17. The average molecular weight is 808 g/mol. The molecule has 0 saturated heterocycles. The van der Waals surface area contributed by atoms with Crippen LogP contribution in [0.1, 0.15) is 61.8 Å². The second kappa shape index (κ2) is 19.1. The molecule has 6 rings (SSSR count). The number of H-pyrrole nitrogens is 1. The number of pyridine rings is 1. The number of benzene rings is 4. The highest BCUT2D eigenvalue weighted by Gasteiger charge is 2.40. The molecule has 57 heavy (non-hydrogen) atoms. The zero-order chi connectivity index (χ0) is 39.3. The number of hydrogen-bond donors (Lipinski definition) is 7. The normalized spacial score (nSPS) is 16.8. The molecular weight excluding hydrogens is 760 g/mol. The number of nitrogens with one attached hydrogen (secondary N) is 3. The fourth-order valence-corrected chi connectivity index (χ4v) is 7.62. The van der Waals surface area contributed by atoms with Crippen molar-refractivity contribution in [2.24, 2.45) is 5.73 Å². The lowest BCUT2D eigenvalue weighted by atomic mass is 9.79. The number of aliphatic hydroxyl groups is 1. The molecule has 0 spiro atoms. The Labute approximate surface area is 333 Å². The van der Waals surface area contributed by atoms with E-state index in [1.165, 1.54) is 24.1 Å². The van der Waals surface area contributed by atoms with Crippen LogP contribution >= 0.6 is 11.6 Å². The van der Waals surface area contributed by atoms with Crippen LogP contribution in [0, 0.1) is 0 Å². The van der Waals surface area contributed by atoms with Crippen LogP contribution in [-0.2, 0) is 17.8 Å². The van der Waals surface area contributed by atoms with Crippen molar-refractivity contribution in [1.29, 1.82) is 0 Å². The van der Waals surface area contributed by atoms with Crippen LogP contribution in [-0.4, -0.2) is 57.5 Å². The van der Waals surface area contributed by atoms with Crippen molar-refractivity contribution in [3.63, 3.8) is 0 Å². The van der Waals surface area contributed by atoms with Gasteiger partial charge in [-0.1, -0.05) is 60.1 Å². The van der Waals surface area contributed by atoms with Gasteiger partial charge < -0.3 is 41.4 Å². The van der Waals surface area contributed by atoms with Gasteiger partial charge in [-0.2, -0.15) is 0 Å². The van der Waals surface area contributed by atoms with Gasteiger partial charge in [-0.25, -0.2) is 4.79 Å². The minimum absolute atomic E-state index is 0. The van der Waals surface area contributed by atoms with Crippen molar-refractivity contribution in [2.75, 3.05) is 23.9 Å². The Morgan fingerprint density at radius 3 is 2.44 bits per heavy atom.